The number of fused-ring (bicyclic) bond motifs is 3. The van der Waals surface area contributed by atoms with Crippen LogP contribution in [0, 0.1) is 12.3 Å². The van der Waals surface area contributed by atoms with Gasteiger partial charge in [0, 0.05) is 54.2 Å². The van der Waals surface area contributed by atoms with Crippen molar-refractivity contribution in [3.05, 3.63) is 74.4 Å². The van der Waals surface area contributed by atoms with E-state index >= 15 is 0 Å². The van der Waals surface area contributed by atoms with E-state index in [1.54, 1.807) is 17.8 Å². The molecule has 6 rings (SSSR count). The van der Waals surface area contributed by atoms with Gasteiger partial charge in [-0.15, -0.1) is 0 Å². The van der Waals surface area contributed by atoms with Crippen molar-refractivity contribution in [2.45, 2.75) is 53.5 Å². The van der Waals surface area contributed by atoms with E-state index in [-0.39, 0.29) is 16.9 Å². The van der Waals surface area contributed by atoms with Gasteiger partial charge in [-0.1, -0.05) is 20.8 Å². The van der Waals surface area contributed by atoms with Crippen LogP contribution in [0.15, 0.2) is 41.5 Å². The Morgan fingerprint density at radius 2 is 1.95 bits per heavy atom. The van der Waals surface area contributed by atoms with Crippen molar-refractivity contribution in [3.63, 3.8) is 0 Å². The molecule has 5 heterocycles. The lowest BCUT2D eigenvalue weighted by Crippen LogP contribution is -2.41. The smallest absolute Gasteiger partial charge is 0.276 e. The maximum atomic E-state index is 13.8. The highest BCUT2D eigenvalue weighted by Gasteiger charge is 2.37. The summed E-state index contributed by atoms with van der Waals surface area (Å²) < 4.78 is 8.18. The molecule has 1 amide bonds. The summed E-state index contributed by atoms with van der Waals surface area (Å²) in [5.41, 5.74) is 6.80. The summed E-state index contributed by atoms with van der Waals surface area (Å²) in [7, 11) is 1.75. The highest BCUT2D eigenvalue weighted by atomic mass is 32.1. The van der Waals surface area contributed by atoms with Gasteiger partial charge in [0.15, 0.2) is 0 Å². The number of hydrogen-bond acceptors (Lipinski definition) is 6. The van der Waals surface area contributed by atoms with Crippen LogP contribution in [-0.4, -0.2) is 30.9 Å². The van der Waals surface area contributed by atoms with Gasteiger partial charge >= 0.3 is 0 Å². The minimum atomic E-state index is -0.130. The molecule has 0 saturated carbocycles. The Bertz CT molecular complexity index is 1640. The number of rotatable bonds is 5. The fourth-order valence-corrected chi connectivity index (χ4v) is 6.46. The molecule has 0 saturated heterocycles. The standard InChI is InChI=1S/C29H32N6O2S/c1-6-20-21(19-12-22(27(36)33(5)16-19)31-25-11-17(2)38-32-25)7-8-30-26(20)35-10-9-34-23(28(35)37)13-18-14-29(3,4)15-24(18)34/h7-8,11-13,16H,6,9-10,14-15H2,1-5H3,(H,31,32). The Morgan fingerprint density at radius 3 is 2.68 bits per heavy atom. The van der Waals surface area contributed by atoms with E-state index in [0.29, 0.717) is 30.3 Å². The maximum absolute atomic E-state index is 13.8. The zero-order valence-electron chi connectivity index (χ0n) is 22.5. The molecule has 0 unspecified atom stereocenters. The zero-order valence-corrected chi connectivity index (χ0v) is 23.3. The summed E-state index contributed by atoms with van der Waals surface area (Å²) >= 11 is 1.39. The van der Waals surface area contributed by atoms with E-state index in [1.807, 2.05) is 36.2 Å². The summed E-state index contributed by atoms with van der Waals surface area (Å²) in [5, 5.41) is 3.18. The van der Waals surface area contributed by atoms with Crippen LogP contribution in [0.25, 0.3) is 11.1 Å². The van der Waals surface area contributed by atoms with E-state index in [1.165, 1.54) is 22.8 Å². The molecule has 4 aromatic rings. The number of aromatic nitrogens is 4. The summed E-state index contributed by atoms with van der Waals surface area (Å²) in [4.78, 5) is 34.3. The molecule has 0 radical (unpaired) electrons. The molecule has 9 heteroatoms. The normalized spacial score (nSPS) is 16.0. The van der Waals surface area contributed by atoms with Gasteiger partial charge in [0.2, 0.25) is 0 Å². The van der Waals surface area contributed by atoms with E-state index in [9.17, 15) is 9.59 Å². The molecule has 0 aromatic carbocycles. The van der Waals surface area contributed by atoms with Crippen LogP contribution in [0.5, 0.6) is 0 Å². The summed E-state index contributed by atoms with van der Waals surface area (Å²) in [6.45, 7) is 9.99. The Labute approximate surface area is 226 Å². The van der Waals surface area contributed by atoms with Crippen molar-refractivity contribution in [2.24, 2.45) is 12.5 Å². The molecule has 0 fully saturated rings. The van der Waals surface area contributed by atoms with E-state index in [2.05, 4.69) is 41.1 Å². The lowest BCUT2D eigenvalue weighted by molar-refractivity contribution is 0.0963. The molecule has 1 aliphatic carbocycles. The lowest BCUT2D eigenvalue weighted by atomic mass is 9.90. The molecule has 0 atom stereocenters. The second kappa shape index (κ2) is 8.94. The predicted octanol–water partition coefficient (Wildman–Crippen LogP) is 5.10. The number of pyridine rings is 2. The van der Waals surface area contributed by atoms with Crippen LogP contribution < -0.4 is 15.8 Å². The first-order valence-electron chi connectivity index (χ1n) is 13.1. The van der Waals surface area contributed by atoms with Gasteiger partial charge < -0.3 is 14.5 Å². The first kappa shape index (κ1) is 24.6. The van der Waals surface area contributed by atoms with Gasteiger partial charge in [0.1, 0.15) is 23.0 Å². The Balaban J connectivity index is 1.38. The van der Waals surface area contributed by atoms with Gasteiger partial charge in [-0.05, 0) is 78.5 Å². The van der Waals surface area contributed by atoms with Crippen LogP contribution in [0.4, 0.5) is 17.3 Å². The van der Waals surface area contributed by atoms with E-state index in [0.717, 1.165) is 46.6 Å². The van der Waals surface area contributed by atoms with Crippen molar-refractivity contribution in [3.8, 4) is 11.1 Å². The highest BCUT2D eigenvalue weighted by Crippen LogP contribution is 2.40. The Kier molecular flexibility index (Phi) is 5.79. The van der Waals surface area contributed by atoms with Crippen molar-refractivity contribution < 1.29 is 4.79 Å². The van der Waals surface area contributed by atoms with Crippen molar-refractivity contribution in [1.82, 2.24) is 18.5 Å². The van der Waals surface area contributed by atoms with Crippen LogP contribution >= 0.6 is 11.5 Å². The van der Waals surface area contributed by atoms with Crippen LogP contribution in [0.3, 0.4) is 0 Å². The summed E-state index contributed by atoms with van der Waals surface area (Å²) in [5.74, 6) is 1.36. The third kappa shape index (κ3) is 4.05. The third-order valence-electron chi connectivity index (χ3n) is 7.65. The molecule has 0 spiro atoms. The summed E-state index contributed by atoms with van der Waals surface area (Å²) in [6.07, 6.45) is 6.31. The van der Waals surface area contributed by atoms with E-state index < -0.39 is 0 Å². The number of aryl methyl sites for hydroxylation is 2. The predicted molar refractivity (Wildman–Crippen MR) is 152 cm³/mol. The molecule has 4 aromatic heterocycles. The van der Waals surface area contributed by atoms with Crippen LogP contribution in [0.2, 0.25) is 0 Å². The average Bonchev–Trinajstić information content (AvgIpc) is 3.53. The second-order valence-electron chi connectivity index (χ2n) is 11.1. The number of anilines is 3. The topological polar surface area (TPSA) is 85.1 Å². The number of nitrogens with one attached hydrogen (secondary N) is 1. The number of carbonyl (C=O) groups is 1. The quantitative estimate of drug-likeness (QED) is 0.389. The molecule has 1 aliphatic heterocycles. The molecular weight excluding hydrogens is 496 g/mol. The van der Waals surface area contributed by atoms with Gasteiger partial charge in [-0.3, -0.25) is 14.5 Å². The number of amides is 1. The Hall–Kier alpha value is -3.72. The third-order valence-corrected chi connectivity index (χ3v) is 8.35. The SMILES string of the molecule is CCc1c(-c2cc(Nc3cc(C)sn3)c(=O)n(C)c2)ccnc1N1CCn2c(cc3c2CC(C)(C)C3)C1=O. The van der Waals surface area contributed by atoms with Crippen molar-refractivity contribution >= 4 is 34.8 Å². The minimum Gasteiger partial charge on any atom is -0.339 e. The Morgan fingerprint density at radius 1 is 1.13 bits per heavy atom. The number of carbonyl (C=O) groups excluding carboxylic acids is 1. The number of nitrogens with zero attached hydrogens (tertiary/aromatic N) is 5. The monoisotopic (exact) mass is 528 g/mol. The number of hydrogen-bond donors (Lipinski definition) is 1. The highest BCUT2D eigenvalue weighted by molar-refractivity contribution is 7.06. The van der Waals surface area contributed by atoms with Gasteiger partial charge in [-0.2, -0.15) is 4.37 Å². The molecule has 38 heavy (non-hydrogen) atoms. The van der Waals surface area contributed by atoms with Gasteiger partial charge in [-0.25, -0.2) is 4.98 Å². The fraction of sp³-hybridized carbons (Fsp3) is 0.379. The zero-order chi connectivity index (χ0) is 26.8. The van der Waals surface area contributed by atoms with Crippen molar-refractivity contribution in [2.75, 3.05) is 16.8 Å². The lowest BCUT2D eigenvalue weighted by Gasteiger charge is -2.31. The molecule has 196 valence electrons. The molecule has 0 bridgehead atoms. The average molecular weight is 529 g/mol. The minimum absolute atomic E-state index is 0.00419. The fourth-order valence-electron chi connectivity index (χ4n) is 5.96. The van der Waals surface area contributed by atoms with E-state index in [4.69, 9.17) is 4.98 Å². The molecule has 8 nitrogen and oxygen atoms in total. The first-order valence-corrected chi connectivity index (χ1v) is 13.8. The maximum Gasteiger partial charge on any atom is 0.276 e. The second-order valence-corrected chi connectivity index (χ2v) is 12.2. The first-order chi connectivity index (χ1) is 18.1. The van der Waals surface area contributed by atoms with Crippen molar-refractivity contribution in [1.29, 1.82) is 0 Å². The van der Waals surface area contributed by atoms with Gasteiger partial charge in [0.25, 0.3) is 11.5 Å². The van der Waals surface area contributed by atoms with Crippen LogP contribution in [0.1, 0.15) is 53.0 Å². The molecule has 2 aliphatic rings. The van der Waals surface area contributed by atoms with Crippen LogP contribution in [-0.2, 0) is 32.9 Å². The van der Waals surface area contributed by atoms with Gasteiger partial charge in [0.05, 0.1) is 0 Å². The largest absolute Gasteiger partial charge is 0.339 e. The molecule has 1 N–H and O–H groups in total. The summed E-state index contributed by atoms with van der Waals surface area (Å²) in [6, 6.07) is 7.85. The molecular formula is C29H32N6O2S.